The van der Waals surface area contributed by atoms with Crippen molar-refractivity contribution < 1.29 is 4.79 Å². The average molecular weight is 196 g/mol. The van der Waals surface area contributed by atoms with Crippen LogP contribution in [-0.2, 0) is 11.2 Å². The largest absolute Gasteiger partial charge is 0.293 e. The SMILES string of the molecule is O=C1C=Nc2cc3ncccc3cc2C1. The molecule has 0 bridgehead atoms. The van der Waals surface area contributed by atoms with Crippen LogP contribution in [0.4, 0.5) is 5.69 Å². The van der Waals surface area contributed by atoms with E-state index in [0.29, 0.717) is 6.42 Å². The molecule has 1 aromatic carbocycles. The molecule has 0 amide bonds. The van der Waals surface area contributed by atoms with Gasteiger partial charge in [0.1, 0.15) is 0 Å². The van der Waals surface area contributed by atoms with Crippen LogP contribution in [0, 0.1) is 0 Å². The van der Waals surface area contributed by atoms with Crippen molar-refractivity contribution in [2.45, 2.75) is 6.42 Å². The lowest BCUT2D eigenvalue weighted by Crippen LogP contribution is -2.08. The fourth-order valence-corrected chi connectivity index (χ4v) is 1.79. The third-order valence-electron chi connectivity index (χ3n) is 2.52. The van der Waals surface area contributed by atoms with Gasteiger partial charge in [-0.1, -0.05) is 6.07 Å². The molecule has 0 fully saturated rings. The van der Waals surface area contributed by atoms with Gasteiger partial charge in [-0.25, -0.2) is 0 Å². The van der Waals surface area contributed by atoms with E-state index in [2.05, 4.69) is 9.98 Å². The number of fused-ring (bicyclic) bond motifs is 2. The average Bonchev–Trinajstić information content (AvgIpc) is 2.26. The molecule has 0 atom stereocenters. The lowest BCUT2D eigenvalue weighted by Gasteiger charge is -2.09. The molecule has 0 unspecified atom stereocenters. The molecular weight excluding hydrogens is 188 g/mol. The smallest absolute Gasteiger partial charge is 0.178 e. The van der Waals surface area contributed by atoms with E-state index in [1.165, 1.54) is 6.21 Å². The van der Waals surface area contributed by atoms with Crippen LogP contribution >= 0.6 is 0 Å². The van der Waals surface area contributed by atoms with Crippen LogP contribution in [0.3, 0.4) is 0 Å². The van der Waals surface area contributed by atoms with Crippen molar-refractivity contribution in [2.24, 2.45) is 4.99 Å². The summed E-state index contributed by atoms with van der Waals surface area (Å²) in [7, 11) is 0. The molecule has 3 heteroatoms. The lowest BCUT2D eigenvalue weighted by molar-refractivity contribution is -0.112. The number of nitrogens with zero attached hydrogens (tertiary/aromatic N) is 2. The molecule has 0 N–H and O–H groups in total. The van der Waals surface area contributed by atoms with Crippen LogP contribution < -0.4 is 0 Å². The first-order valence-corrected chi connectivity index (χ1v) is 4.77. The van der Waals surface area contributed by atoms with E-state index in [-0.39, 0.29) is 5.78 Å². The number of carbonyl (C=O) groups is 1. The zero-order valence-corrected chi connectivity index (χ0v) is 7.97. The fraction of sp³-hybridized carbons (Fsp3) is 0.0833. The first kappa shape index (κ1) is 8.29. The summed E-state index contributed by atoms with van der Waals surface area (Å²) >= 11 is 0. The number of pyridine rings is 1. The molecule has 72 valence electrons. The number of hydrogen-bond donors (Lipinski definition) is 0. The van der Waals surface area contributed by atoms with Gasteiger partial charge in [-0.05, 0) is 23.8 Å². The summed E-state index contributed by atoms with van der Waals surface area (Å²) in [6, 6.07) is 7.80. The molecule has 0 radical (unpaired) electrons. The van der Waals surface area contributed by atoms with Gasteiger partial charge in [-0.15, -0.1) is 0 Å². The van der Waals surface area contributed by atoms with Crippen LogP contribution in [0.25, 0.3) is 10.9 Å². The van der Waals surface area contributed by atoms with Crippen LogP contribution in [0.5, 0.6) is 0 Å². The summed E-state index contributed by atoms with van der Waals surface area (Å²) in [5.74, 6) is 0.0609. The minimum atomic E-state index is 0.0609. The predicted octanol–water partition coefficient (Wildman–Crippen LogP) is 2.06. The van der Waals surface area contributed by atoms with Crippen molar-refractivity contribution in [3.8, 4) is 0 Å². The third kappa shape index (κ3) is 1.32. The molecule has 0 saturated heterocycles. The Kier molecular flexibility index (Phi) is 1.65. The Morgan fingerprint density at radius 2 is 2.20 bits per heavy atom. The maximum Gasteiger partial charge on any atom is 0.178 e. The highest BCUT2D eigenvalue weighted by molar-refractivity contribution is 6.30. The van der Waals surface area contributed by atoms with Gasteiger partial charge in [0.15, 0.2) is 5.78 Å². The van der Waals surface area contributed by atoms with Gasteiger partial charge in [-0.2, -0.15) is 0 Å². The Bertz CT molecular complexity index is 587. The molecule has 1 aromatic heterocycles. The highest BCUT2D eigenvalue weighted by Crippen LogP contribution is 2.27. The quantitative estimate of drug-likeness (QED) is 0.647. The standard InChI is InChI=1S/C12H8N2O/c15-10-5-9-4-8-2-1-3-13-11(8)6-12(9)14-7-10/h1-4,6-7H,5H2. The van der Waals surface area contributed by atoms with Gasteiger partial charge < -0.3 is 0 Å². The number of benzene rings is 1. The number of rotatable bonds is 0. The van der Waals surface area contributed by atoms with Crippen molar-refractivity contribution in [1.82, 2.24) is 4.98 Å². The number of Topliss-reactive ketones (excluding diaryl/α,β-unsaturated/α-hetero) is 1. The Morgan fingerprint density at radius 1 is 1.27 bits per heavy atom. The topological polar surface area (TPSA) is 42.3 Å². The Morgan fingerprint density at radius 3 is 3.13 bits per heavy atom. The van der Waals surface area contributed by atoms with Crippen LogP contribution in [0.15, 0.2) is 35.5 Å². The number of ketones is 1. The first-order valence-electron chi connectivity index (χ1n) is 4.77. The van der Waals surface area contributed by atoms with Crippen LogP contribution in [0.2, 0.25) is 0 Å². The van der Waals surface area contributed by atoms with Crippen molar-refractivity contribution in [2.75, 3.05) is 0 Å². The Balaban J connectivity index is 2.31. The second-order valence-electron chi connectivity index (χ2n) is 3.58. The zero-order chi connectivity index (χ0) is 10.3. The van der Waals surface area contributed by atoms with E-state index in [1.807, 2.05) is 24.3 Å². The first-order chi connectivity index (χ1) is 7.33. The maximum atomic E-state index is 11.2. The predicted molar refractivity (Wildman–Crippen MR) is 58.6 cm³/mol. The van der Waals surface area contributed by atoms with Gasteiger partial charge in [0.2, 0.25) is 0 Å². The summed E-state index contributed by atoms with van der Waals surface area (Å²) in [6.07, 6.45) is 3.59. The molecule has 0 saturated carbocycles. The second-order valence-corrected chi connectivity index (χ2v) is 3.58. The van der Waals surface area contributed by atoms with E-state index in [9.17, 15) is 4.79 Å². The lowest BCUT2D eigenvalue weighted by atomic mass is 10.0. The summed E-state index contributed by atoms with van der Waals surface area (Å²) < 4.78 is 0. The van der Waals surface area contributed by atoms with Crippen molar-refractivity contribution in [3.63, 3.8) is 0 Å². The van der Waals surface area contributed by atoms with Crippen molar-refractivity contribution in [3.05, 3.63) is 36.0 Å². The van der Waals surface area contributed by atoms with Gasteiger partial charge >= 0.3 is 0 Å². The minimum absolute atomic E-state index is 0.0609. The molecule has 2 heterocycles. The highest BCUT2D eigenvalue weighted by Gasteiger charge is 2.12. The van der Waals surface area contributed by atoms with E-state index >= 15 is 0 Å². The van der Waals surface area contributed by atoms with E-state index in [4.69, 9.17) is 0 Å². The molecule has 1 aliphatic heterocycles. The van der Waals surface area contributed by atoms with Crippen molar-refractivity contribution >= 4 is 28.6 Å². The molecule has 0 aliphatic carbocycles. The Labute approximate surface area is 86.5 Å². The fourth-order valence-electron chi connectivity index (χ4n) is 1.79. The molecular formula is C12H8N2O. The maximum absolute atomic E-state index is 11.2. The molecule has 1 aliphatic rings. The van der Waals surface area contributed by atoms with E-state index in [0.717, 1.165) is 22.2 Å². The molecule has 3 rings (SSSR count). The highest BCUT2D eigenvalue weighted by atomic mass is 16.1. The van der Waals surface area contributed by atoms with Crippen LogP contribution in [0.1, 0.15) is 5.56 Å². The summed E-state index contributed by atoms with van der Waals surface area (Å²) in [5, 5.41) is 1.06. The summed E-state index contributed by atoms with van der Waals surface area (Å²) in [4.78, 5) is 19.6. The summed E-state index contributed by atoms with van der Waals surface area (Å²) in [6.45, 7) is 0. The normalized spacial score (nSPS) is 14.3. The van der Waals surface area contributed by atoms with Gasteiger partial charge in [0, 0.05) is 18.0 Å². The minimum Gasteiger partial charge on any atom is -0.293 e. The molecule has 3 nitrogen and oxygen atoms in total. The Hall–Kier alpha value is -2.03. The monoisotopic (exact) mass is 196 g/mol. The van der Waals surface area contributed by atoms with Gasteiger partial charge in [0.25, 0.3) is 0 Å². The van der Waals surface area contributed by atoms with E-state index < -0.39 is 0 Å². The van der Waals surface area contributed by atoms with Gasteiger partial charge in [0.05, 0.1) is 17.4 Å². The number of aliphatic imine (C=N–C) groups is 1. The van der Waals surface area contributed by atoms with Crippen LogP contribution in [-0.4, -0.2) is 17.0 Å². The number of hydrogen-bond acceptors (Lipinski definition) is 3. The zero-order valence-electron chi connectivity index (χ0n) is 7.97. The molecule has 15 heavy (non-hydrogen) atoms. The van der Waals surface area contributed by atoms with Crippen molar-refractivity contribution in [1.29, 1.82) is 0 Å². The number of carbonyl (C=O) groups excluding carboxylic acids is 1. The summed E-state index contributed by atoms with van der Waals surface area (Å²) in [5.41, 5.74) is 2.77. The second kappa shape index (κ2) is 2.98. The van der Waals surface area contributed by atoms with E-state index in [1.54, 1.807) is 6.20 Å². The number of aromatic nitrogens is 1. The molecule has 2 aromatic rings. The third-order valence-corrected chi connectivity index (χ3v) is 2.52. The molecule has 0 spiro atoms. The van der Waals surface area contributed by atoms with Gasteiger partial charge in [-0.3, -0.25) is 14.8 Å².